The van der Waals surface area contributed by atoms with E-state index in [1.807, 2.05) is 30.6 Å². The van der Waals surface area contributed by atoms with E-state index in [-0.39, 0.29) is 11.5 Å². The lowest BCUT2D eigenvalue weighted by atomic mass is 9.98. The molecule has 0 aliphatic heterocycles. The van der Waals surface area contributed by atoms with E-state index >= 15 is 0 Å². The fourth-order valence-corrected chi connectivity index (χ4v) is 2.65. The Morgan fingerprint density at radius 3 is 2.63 bits per heavy atom. The van der Waals surface area contributed by atoms with Crippen LogP contribution in [0.2, 0.25) is 0 Å². The number of nitrogens with zero attached hydrogens (tertiary/aromatic N) is 2. The topological polar surface area (TPSA) is 37.8 Å². The number of thiazole rings is 1. The van der Waals surface area contributed by atoms with Crippen LogP contribution in [0.4, 0.5) is 0 Å². The molecule has 4 heteroatoms. The van der Waals surface area contributed by atoms with Crippen molar-refractivity contribution >= 4 is 11.3 Å². The Kier molecular flexibility index (Phi) is 4.32. The molecule has 2 aromatic heterocycles. The summed E-state index contributed by atoms with van der Waals surface area (Å²) < 4.78 is 0. The van der Waals surface area contributed by atoms with Crippen LogP contribution < -0.4 is 5.32 Å². The summed E-state index contributed by atoms with van der Waals surface area (Å²) in [6, 6.07) is 6.26. The molecular weight excluding hydrogens is 254 g/mol. The number of hydrogen-bond donors (Lipinski definition) is 1. The van der Waals surface area contributed by atoms with Gasteiger partial charge in [0.25, 0.3) is 0 Å². The van der Waals surface area contributed by atoms with E-state index in [9.17, 15) is 0 Å². The molecule has 0 aliphatic carbocycles. The van der Waals surface area contributed by atoms with Crippen molar-refractivity contribution in [3.8, 4) is 0 Å². The van der Waals surface area contributed by atoms with Crippen LogP contribution in [0.25, 0.3) is 0 Å². The highest BCUT2D eigenvalue weighted by atomic mass is 32.1. The molecule has 0 saturated heterocycles. The van der Waals surface area contributed by atoms with Crippen LogP contribution in [-0.4, -0.2) is 9.97 Å². The maximum atomic E-state index is 4.50. The Balaban J connectivity index is 1.94. The van der Waals surface area contributed by atoms with E-state index in [0.29, 0.717) is 0 Å². The van der Waals surface area contributed by atoms with Gasteiger partial charge in [-0.1, -0.05) is 26.8 Å². The molecule has 0 spiro atoms. The Hall–Kier alpha value is -1.26. The molecule has 1 N–H and O–H groups in total. The van der Waals surface area contributed by atoms with Gasteiger partial charge in [0, 0.05) is 35.3 Å². The zero-order valence-electron chi connectivity index (χ0n) is 12.0. The van der Waals surface area contributed by atoms with Crippen LogP contribution in [0, 0.1) is 0 Å². The summed E-state index contributed by atoms with van der Waals surface area (Å²) in [5.41, 5.74) is 1.21. The lowest BCUT2D eigenvalue weighted by Crippen LogP contribution is -2.18. The van der Waals surface area contributed by atoms with E-state index in [0.717, 1.165) is 12.2 Å². The molecule has 19 heavy (non-hydrogen) atoms. The Morgan fingerprint density at radius 1 is 1.26 bits per heavy atom. The van der Waals surface area contributed by atoms with Crippen LogP contribution in [0.1, 0.15) is 49.3 Å². The predicted molar refractivity (Wildman–Crippen MR) is 80.3 cm³/mol. The molecule has 2 aromatic rings. The first kappa shape index (κ1) is 14.2. The van der Waals surface area contributed by atoms with Gasteiger partial charge in [-0.05, 0) is 19.1 Å². The third-order valence-electron chi connectivity index (χ3n) is 2.91. The summed E-state index contributed by atoms with van der Waals surface area (Å²) in [5.74, 6) is 0. The van der Waals surface area contributed by atoms with Crippen LogP contribution >= 0.6 is 11.3 Å². The second-order valence-electron chi connectivity index (χ2n) is 5.74. The second kappa shape index (κ2) is 5.80. The molecular formula is C15H21N3S. The van der Waals surface area contributed by atoms with Crippen molar-refractivity contribution in [3.63, 3.8) is 0 Å². The summed E-state index contributed by atoms with van der Waals surface area (Å²) in [4.78, 5) is 10.1. The third kappa shape index (κ3) is 3.85. The van der Waals surface area contributed by atoms with Crippen LogP contribution in [-0.2, 0) is 12.0 Å². The van der Waals surface area contributed by atoms with Crippen molar-refractivity contribution in [2.24, 2.45) is 0 Å². The largest absolute Gasteiger partial charge is 0.304 e. The normalized spacial score (nSPS) is 13.5. The Bertz CT molecular complexity index is 514. The van der Waals surface area contributed by atoms with Gasteiger partial charge < -0.3 is 5.32 Å². The van der Waals surface area contributed by atoms with Gasteiger partial charge in [-0.25, -0.2) is 4.98 Å². The van der Waals surface area contributed by atoms with Gasteiger partial charge >= 0.3 is 0 Å². The lowest BCUT2D eigenvalue weighted by molar-refractivity contribution is 0.565. The minimum Gasteiger partial charge on any atom is -0.304 e. The second-order valence-corrected chi connectivity index (χ2v) is 6.85. The van der Waals surface area contributed by atoms with Crippen molar-refractivity contribution in [1.29, 1.82) is 0 Å². The summed E-state index contributed by atoms with van der Waals surface area (Å²) in [5, 5.41) is 4.68. The standard InChI is InChI=1S/C15H21N3S/c1-11(13-7-5-6-8-16-13)17-9-12-10-18-14(19-12)15(2,3)4/h5-8,10-11,17H,9H2,1-4H3/t11-/m1/s1. The third-order valence-corrected chi connectivity index (χ3v) is 4.33. The first-order valence-electron chi connectivity index (χ1n) is 6.56. The fraction of sp³-hybridized carbons (Fsp3) is 0.467. The molecule has 0 aromatic carbocycles. The SMILES string of the molecule is C[C@@H](NCc1cnc(C(C)(C)C)s1)c1ccccn1. The highest BCUT2D eigenvalue weighted by Crippen LogP contribution is 2.26. The number of pyridine rings is 1. The number of nitrogens with one attached hydrogen (secondary N) is 1. The number of aromatic nitrogens is 2. The molecule has 0 aliphatic rings. The molecule has 0 amide bonds. The first-order valence-corrected chi connectivity index (χ1v) is 7.38. The Labute approximate surface area is 119 Å². The number of rotatable bonds is 4. The molecule has 0 bridgehead atoms. The molecule has 2 heterocycles. The van der Waals surface area contributed by atoms with E-state index < -0.39 is 0 Å². The fourth-order valence-electron chi connectivity index (χ4n) is 1.73. The zero-order chi connectivity index (χ0) is 13.9. The van der Waals surface area contributed by atoms with Crippen molar-refractivity contribution < 1.29 is 0 Å². The highest BCUT2D eigenvalue weighted by Gasteiger charge is 2.18. The van der Waals surface area contributed by atoms with E-state index in [4.69, 9.17) is 0 Å². The highest BCUT2D eigenvalue weighted by molar-refractivity contribution is 7.11. The summed E-state index contributed by atoms with van der Waals surface area (Å²) in [6.45, 7) is 9.55. The number of hydrogen-bond acceptors (Lipinski definition) is 4. The van der Waals surface area contributed by atoms with Crippen LogP contribution in [0.5, 0.6) is 0 Å². The summed E-state index contributed by atoms with van der Waals surface area (Å²) in [7, 11) is 0. The molecule has 102 valence electrons. The van der Waals surface area contributed by atoms with Crippen molar-refractivity contribution in [1.82, 2.24) is 15.3 Å². The lowest BCUT2D eigenvalue weighted by Gasteiger charge is -2.14. The smallest absolute Gasteiger partial charge is 0.0981 e. The first-order chi connectivity index (χ1) is 8.97. The molecule has 0 fully saturated rings. The van der Waals surface area contributed by atoms with Crippen LogP contribution in [0.15, 0.2) is 30.6 Å². The van der Waals surface area contributed by atoms with Gasteiger partial charge in [0.1, 0.15) is 0 Å². The Morgan fingerprint density at radius 2 is 2.05 bits per heavy atom. The zero-order valence-corrected chi connectivity index (χ0v) is 12.8. The quantitative estimate of drug-likeness (QED) is 0.925. The maximum absolute atomic E-state index is 4.50. The van der Waals surface area contributed by atoms with Gasteiger partial charge in [-0.2, -0.15) is 0 Å². The molecule has 3 nitrogen and oxygen atoms in total. The predicted octanol–water partition coefficient (Wildman–Crippen LogP) is 3.69. The van der Waals surface area contributed by atoms with Gasteiger partial charge in [-0.3, -0.25) is 4.98 Å². The van der Waals surface area contributed by atoms with Gasteiger partial charge in [0.15, 0.2) is 0 Å². The van der Waals surface area contributed by atoms with E-state index in [1.165, 1.54) is 9.88 Å². The van der Waals surface area contributed by atoms with Crippen molar-refractivity contribution in [3.05, 3.63) is 46.2 Å². The molecule has 0 radical (unpaired) electrons. The summed E-state index contributed by atoms with van der Waals surface area (Å²) in [6.07, 6.45) is 3.81. The molecule has 0 unspecified atom stereocenters. The van der Waals surface area contributed by atoms with Crippen LogP contribution in [0.3, 0.4) is 0 Å². The maximum Gasteiger partial charge on any atom is 0.0981 e. The van der Waals surface area contributed by atoms with Crippen molar-refractivity contribution in [2.45, 2.75) is 45.7 Å². The van der Waals surface area contributed by atoms with E-state index in [1.54, 1.807) is 11.3 Å². The average molecular weight is 275 g/mol. The van der Waals surface area contributed by atoms with Crippen molar-refractivity contribution in [2.75, 3.05) is 0 Å². The average Bonchev–Trinajstić information content (AvgIpc) is 2.86. The molecule has 2 rings (SSSR count). The monoisotopic (exact) mass is 275 g/mol. The van der Waals surface area contributed by atoms with Gasteiger partial charge in [0.2, 0.25) is 0 Å². The summed E-state index contributed by atoms with van der Waals surface area (Å²) >= 11 is 1.78. The molecule has 1 atom stereocenters. The van der Waals surface area contributed by atoms with Gasteiger partial charge in [-0.15, -0.1) is 11.3 Å². The molecule has 0 saturated carbocycles. The van der Waals surface area contributed by atoms with E-state index in [2.05, 4.69) is 43.0 Å². The minimum atomic E-state index is 0.134. The van der Waals surface area contributed by atoms with Gasteiger partial charge in [0.05, 0.1) is 10.7 Å². The minimum absolute atomic E-state index is 0.134.